The average Bonchev–Trinajstić information content (AvgIpc) is 2.87. The first kappa shape index (κ1) is 14.4. The van der Waals surface area contributed by atoms with Gasteiger partial charge in [0.1, 0.15) is 0 Å². The summed E-state index contributed by atoms with van der Waals surface area (Å²) in [6.07, 6.45) is 2.39. The fourth-order valence-electron chi connectivity index (χ4n) is 2.62. The first-order valence-electron chi connectivity index (χ1n) is 6.86. The Labute approximate surface area is 119 Å². The number of carbonyl (C=O) groups excluding carboxylic acids is 1. The lowest BCUT2D eigenvalue weighted by Crippen LogP contribution is -2.30. The van der Waals surface area contributed by atoms with E-state index < -0.39 is 0 Å². The minimum atomic E-state index is 0.249. The number of aryl methyl sites for hydroxylation is 1. The molecular weight excluding hydrogens is 260 g/mol. The molecule has 1 heterocycles. The van der Waals surface area contributed by atoms with Crippen molar-refractivity contribution in [1.29, 1.82) is 0 Å². The highest BCUT2D eigenvalue weighted by molar-refractivity contribution is 6.31. The van der Waals surface area contributed by atoms with Crippen molar-refractivity contribution in [2.45, 2.75) is 19.3 Å². The zero-order chi connectivity index (χ0) is 13.7. The van der Waals surface area contributed by atoms with Crippen LogP contribution in [0, 0.1) is 5.92 Å². The Kier molecular flexibility index (Phi) is 5.23. The fourth-order valence-corrected chi connectivity index (χ4v) is 2.85. The van der Waals surface area contributed by atoms with Gasteiger partial charge in [0.05, 0.1) is 0 Å². The molecule has 2 rings (SSSR count). The van der Waals surface area contributed by atoms with Gasteiger partial charge in [0.15, 0.2) is 0 Å². The monoisotopic (exact) mass is 280 g/mol. The summed E-state index contributed by atoms with van der Waals surface area (Å²) >= 11 is 6.10. The largest absolute Gasteiger partial charge is 0.342 e. The number of likely N-dealkylation sites (tertiary alicyclic amines) is 1. The lowest BCUT2D eigenvalue weighted by atomic mass is 10.1. The van der Waals surface area contributed by atoms with Crippen molar-refractivity contribution in [2.75, 3.05) is 26.7 Å². The first-order valence-corrected chi connectivity index (χ1v) is 7.24. The van der Waals surface area contributed by atoms with Crippen LogP contribution in [0.5, 0.6) is 0 Å². The second kappa shape index (κ2) is 6.92. The fraction of sp³-hybridized carbons (Fsp3) is 0.533. The minimum Gasteiger partial charge on any atom is -0.342 e. The minimum absolute atomic E-state index is 0.249. The standard InChI is InChI=1S/C15H21ClN2O/c1-17-10-12-8-9-18(11-12)15(19)7-6-13-4-2-3-5-14(13)16/h2-5,12,17H,6-11H2,1H3. The Hall–Kier alpha value is -1.06. The Morgan fingerprint density at radius 3 is 3.00 bits per heavy atom. The molecule has 1 aliphatic rings. The highest BCUT2D eigenvalue weighted by atomic mass is 35.5. The molecule has 1 aromatic carbocycles. The topological polar surface area (TPSA) is 32.3 Å². The molecule has 1 saturated heterocycles. The molecule has 0 spiro atoms. The van der Waals surface area contributed by atoms with Crippen LogP contribution in [0.3, 0.4) is 0 Å². The second-order valence-electron chi connectivity index (χ2n) is 5.14. The van der Waals surface area contributed by atoms with Crippen molar-refractivity contribution in [1.82, 2.24) is 10.2 Å². The smallest absolute Gasteiger partial charge is 0.222 e. The molecule has 0 aliphatic carbocycles. The van der Waals surface area contributed by atoms with Gasteiger partial charge in [0.2, 0.25) is 5.91 Å². The van der Waals surface area contributed by atoms with E-state index in [1.807, 2.05) is 36.2 Å². The van der Waals surface area contributed by atoms with E-state index in [4.69, 9.17) is 11.6 Å². The van der Waals surface area contributed by atoms with E-state index in [1.54, 1.807) is 0 Å². The van der Waals surface area contributed by atoms with E-state index in [-0.39, 0.29) is 5.91 Å². The van der Waals surface area contributed by atoms with Crippen molar-refractivity contribution < 1.29 is 4.79 Å². The normalized spacial score (nSPS) is 18.8. The molecule has 19 heavy (non-hydrogen) atoms. The van der Waals surface area contributed by atoms with E-state index in [0.29, 0.717) is 12.3 Å². The van der Waals surface area contributed by atoms with Gasteiger partial charge in [-0.25, -0.2) is 0 Å². The lowest BCUT2D eigenvalue weighted by Gasteiger charge is -2.16. The Morgan fingerprint density at radius 2 is 2.26 bits per heavy atom. The molecule has 1 amide bonds. The SMILES string of the molecule is CNCC1CCN(C(=O)CCc2ccccc2Cl)C1. The summed E-state index contributed by atoms with van der Waals surface area (Å²) < 4.78 is 0. The summed E-state index contributed by atoms with van der Waals surface area (Å²) in [6, 6.07) is 7.74. The zero-order valence-electron chi connectivity index (χ0n) is 11.4. The van der Waals surface area contributed by atoms with Gasteiger partial charge in [-0.1, -0.05) is 29.8 Å². The zero-order valence-corrected chi connectivity index (χ0v) is 12.1. The van der Waals surface area contributed by atoms with Crippen LogP contribution in [-0.4, -0.2) is 37.5 Å². The summed E-state index contributed by atoms with van der Waals surface area (Å²) in [4.78, 5) is 14.1. The molecule has 1 aromatic rings. The van der Waals surface area contributed by atoms with Crippen LogP contribution in [0.4, 0.5) is 0 Å². The third kappa shape index (κ3) is 3.95. The molecule has 4 heteroatoms. The third-order valence-electron chi connectivity index (χ3n) is 3.70. The maximum atomic E-state index is 12.1. The number of nitrogens with one attached hydrogen (secondary N) is 1. The number of nitrogens with zero attached hydrogens (tertiary/aromatic N) is 1. The lowest BCUT2D eigenvalue weighted by molar-refractivity contribution is -0.130. The Balaban J connectivity index is 1.81. The quantitative estimate of drug-likeness (QED) is 0.898. The van der Waals surface area contributed by atoms with Gasteiger partial charge < -0.3 is 10.2 Å². The summed E-state index contributed by atoms with van der Waals surface area (Å²) in [5.41, 5.74) is 1.06. The molecule has 3 nitrogen and oxygen atoms in total. The number of amides is 1. The summed E-state index contributed by atoms with van der Waals surface area (Å²) in [6.45, 7) is 2.78. The van der Waals surface area contributed by atoms with E-state index >= 15 is 0 Å². The van der Waals surface area contributed by atoms with Crippen molar-refractivity contribution in [3.8, 4) is 0 Å². The van der Waals surface area contributed by atoms with Crippen molar-refractivity contribution >= 4 is 17.5 Å². The highest BCUT2D eigenvalue weighted by Gasteiger charge is 2.25. The van der Waals surface area contributed by atoms with Crippen LogP contribution in [0.25, 0.3) is 0 Å². The number of carbonyl (C=O) groups is 1. The number of rotatable bonds is 5. The number of halogens is 1. The molecule has 104 valence electrons. The van der Waals surface area contributed by atoms with Crippen LogP contribution in [-0.2, 0) is 11.2 Å². The molecule has 1 atom stereocenters. The molecule has 0 radical (unpaired) electrons. The maximum absolute atomic E-state index is 12.1. The number of hydrogen-bond donors (Lipinski definition) is 1. The number of benzene rings is 1. The van der Waals surface area contributed by atoms with Gasteiger partial charge in [-0.05, 0) is 44.0 Å². The molecule has 1 unspecified atom stereocenters. The molecule has 1 fully saturated rings. The van der Waals surface area contributed by atoms with Gasteiger partial charge in [0.25, 0.3) is 0 Å². The number of hydrogen-bond acceptors (Lipinski definition) is 2. The van der Waals surface area contributed by atoms with Crippen LogP contribution in [0.1, 0.15) is 18.4 Å². The third-order valence-corrected chi connectivity index (χ3v) is 4.07. The molecular formula is C15H21ClN2O. The first-order chi connectivity index (χ1) is 9.20. The van der Waals surface area contributed by atoms with E-state index in [0.717, 1.165) is 43.1 Å². The van der Waals surface area contributed by atoms with Gasteiger partial charge in [0, 0.05) is 24.5 Å². The predicted octanol–water partition coefficient (Wildman–Crippen LogP) is 2.34. The molecule has 0 aromatic heterocycles. The van der Waals surface area contributed by atoms with E-state index in [1.165, 1.54) is 0 Å². The van der Waals surface area contributed by atoms with Gasteiger partial charge in [-0.2, -0.15) is 0 Å². The molecule has 1 aliphatic heterocycles. The van der Waals surface area contributed by atoms with Crippen LogP contribution >= 0.6 is 11.6 Å². The van der Waals surface area contributed by atoms with Gasteiger partial charge >= 0.3 is 0 Å². The highest BCUT2D eigenvalue weighted by Crippen LogP contribution is 2.19. The molecule has 1 N–H and O–H groups in total. The second-order valence-corrected chi connectivity index (χ2v) is 5.55. The van der Waals surface area contributed by atoms with Crippen molar-refractivity contribution in [2.24, 2.45) is 5.92 Å². The molecule has 0 saturated carbocycles. The summed E-state index contributed by atoms with van der Waals surface area (Å²) in [7, 11) is 1.96. The van der Waals surface area contributed by atoms with Crippen molar-refractivity contribution in [3.05, 3.63) is 34.9 Å². The van der Waals surface area contributed by atoms with Gasteiger partial charge in [-0.15, -0.1) is 0 Å². The predicted molar refractivity (Wildman–Crippen MR) is 78.4 cm³/mol. The molecule has 0 bridgehead atoms. The average molecular weight is 281 g/mol. The van der Waals surface area contributed by atoms with Gasteiger partial charge in [-0.3, -0.25) is 4.79 Å². The summed E-state index contributed by atoms with van der Waals surface area (Å²) in [5.74, 6) is 0.854. The maximum Gasteiger partial charge on any atom is 0.222 e. The van der Waals surface area contributed by atoms with Crippen LogP contribution in [0.2, 0.25) is 5.02 Å². The summed E-state index contributed by atoms with van der Waals surface area (Å²) in [5, 5.41) is 3.93. The van der Waals surface area contributed by atoms with E-state index in [2.05, 4.69) is 5.32 Å². The van der Waals surface area contributed by atoms with Crippen molar-refractivity contribution in [3.63, 3.8) is 0 Å². The van der Waals surface area contributed by atoms with Crippen LogP contribution in [0.15, 0.2) is 24.3 Å². The van der Waals surface area contributed by atoms with Crippen LogP contribution < -0.4 is 5.32 Å². The Bertz CT molecular complexity index is 436. The Morgan fingerprint density at radius 1 is 1.47 bits per heavy atom. The van der Waals surface area contributed by atoms with E-state index in [9.17, 15) is 4.79 Å².